The van der Waals surface area contributed by atoms with Gasteiger partial charge in [-0.3, -0.25) is 5.32 Å². The molecular weight excluding hydrogens is 451 g/mol. The maximum Gasteiger partial charge on any atom is 0.350 e. The minimum absolute atomic E-state index is 0.0324. The number of carboxylic acid groups (broad SMARTS) is 1. The van der Waals surface area contributed by atoms with Crippen molar-refractivity contribution >= 4 is 17.6 Å². The van der Waals surface area contributed by atoms with Crippen LogP contribution in [0.2, 0.25) is 5.02 Å². The third kappa shape index (κ3) is 5.88. The lowest BCUT2D eigenvalue weighted by molar-refractivity contribution is -0.160. The molecule has 33 heavy (non-hydrogen) atoms. The molecule has 2 aromatic carbocycles. The van der Waals surface area contributed by atoms with Crippen LogP contribution in [0.3, 0.4) is 0 Å². The van der Waals surface area contributed by atoms with Gasteiger partial charge in [-0.2, -0.15) is 0 Å². The van der Waals surface area contributed by atoms with Crippen LogP contribution in [0.4, 0.5) is 4.39 Å². The molecule has 10 heteroatoms. The SMILES string of the molecule is CN(C)Cc1ncc(-c2ccc(Oc3cc(Cl)cc(F)c3CN[C@@](C)(O)C(=O)O)cc2)n1C. The fourth-order valence-electron chi connectivity index (χ4n) is 3.15. The zero-order chi connectivity index (χ0) is 24.3. The first kappa shape index (κ1) is 24.7. The first-order chi connectivity index (χ1) is 15.5. The summed E-state index contributed by atoms with van der Waals surface area (Å²) < 4.78 is 22.4. The van der Waals surface area contributed by atoms with E-state index in [9.17, 15) is 14.3 Å². The van der Waals surface area contributed by atoms with Gasteiger partial charge < -0.3 is 24.4 Å². The van der Waals surface area contributed by atoms with Crippen LogP contribution in [-0.4, -0.2) is 50.5 Å². The Morgan fingerprint density at radius 1 is 1.30 bits per heavy atom. The van der Waals surface area contributed by atoms with Gasteiger partial charge in [0.25, 0.3) is 0 Å². The zero-order valence-electron chi connectivity index (χ0n) is 18.8. The van der Waals surface area contributed by atoms with Gasteiger partial charge in [0, 0.05) is 29.7 Å². The second kappa shape index (κ2) is 9.88. The molecule has 0 aliphatic rings. The van der Waals surface area contributed by atoms with E-state index in [1.807, 2.05) is 42.7 Å². The van der Waals surface area contributed by atoms with E-state index < -0.39 is 17.5 Å². The van der Waals surface area contributed by atoms with Crippen LogP contribution in [-0.2, 0) is 24.9 Å². The standard InChI is InChI=1S/C23H26ClFN4O4/c1-23(32,22(30)31)27-11-17-18(25)9-15(24)10-20(17)33-16-7-5-14(6-8-16)19-12-26-21(29(19)4)13-28(2)3/h5-10,12,27,32H,11,13H2,1-4H3,(H,30,31)/t23-/m0/s1. The monoisotopic (exact) mass is 476 g/mol. The minimum Gasteiger partial charge on any atom is -0.478 e. The molecule has 0 aliphatic carbocycles. The molecule has 0 bridgehead atoms. The third-order valence-electron chi connectivity index (χ3n) is 5.07. The predicted molar refractivity (Wildman–Crippen MR) is 123 cm³/mol. The molecule has 0 radical (unpaired) electrons. The molecule has 0 unspecified atom stereocenters. The maximum absolute atomic E-state index is 14.6. The van der Waals surface area contributed by atoms with Crippen LogP contribution in [0.1, 0.15) is 18.3 Å². The number of nitrogens with zero attached hydrogens (tertiary/aromatic N) is 3. The highest BCUT2D eigenvalue weighted by molar-refractivity contribution is 6.30. The summed E-state index contributed by atoms with van der Waals surface area (Å²) in [5, 5.41) is 21.4. The quantitative estimate of drug-likeness (QED) is 0.405. The van der Waals surface area contributed by atoms with Crippen LogP contribution < -0.4 is 10.1 Å². The number of nitrogens with one attached hydrogen (secondary N) is 1. The Bertz CT molecular complexity index is 1150. The van der Waals surface area contributed by atoms with Gasteiger partial charge in [-0.1, -0.05) is 11.6 Å². The van der Waals surface area contributed by atoms with E-state index in [1.54, 1.807) is 18.3 Å². The molecule has 0 aliphatic heterocycles. The predicted octanol–water partition coefficient (Wildman–Crippen LogP) is 3.62. The van der Waals surface area contributed by atoms with Crippen LogP contribution in [0, 0.1) is 5.82 Å². The van der Waals surface area contributed by atoms with Crippen LogP contribution in [0.15, 0.2) is 42.6 Å². The molecular formula is C23H26ClFN4O4. The van der Waals surface area contributed by atoms with Crippen molar-refractivity contribution in [1.82, 2.24) is 19.8 Å². The minimum atomic E-state index is -2.24. The van der Waals surface area contributed by atoms with Crippen LogP contribution >= 0.6 is 11.6 Å². The number of ether oxygens (including phenoxy) is 1. The number of aliphatic hydroxyl groups is 1. The van der Waals surface area contributed by atoms with E-state index in [4.69, 9.17) is 21.4 Å². The van der Waals surface area contributed by atoms with Crippen molar-refractivity contribution in [2.75, 3.05) is 14.1 Å². The number of carbonyl (C=O) groups is 1. The van der Waals surface area contributed by atoms with Gasteiger partial charge in [-0.25, -0.2) is 14.2 Å². The smallest absolute Gasteiger partial charge is 0.350 e. The molecule has 0 fully saturated rings. The number of hydrogen-bond donors (Lipinski definition) is 3. The summed E-state index contributed by atoms with van der Waals surface area (Å²) in [4.78, 5) is 17.6. The lowest BCUT2D eigenvalue weighted by Gasteiger charge is -2.21. The Morgan fingerprint density at radius 3 is 2.58 bits per heavy atom. The summed E-state index contributed by atoms with van der Waals surface area (Å²) >= 11 is 5.99. The summed E-state index contributed by atoms with van der Waals surface area (Å²) in [6.45, 7) is 1.48. The van der Waals surface area contributed by atoms with Crippen molar-refractivity contribution in [3.63, 3.8) is 0 Å². The van der Waals surface area contributed by atoms with Gasteiger partial charge in [0.05, 0.1) is 18.4 Å². The highest BCUT2D eigenvalue weighted by Gasteiger charge is 2.30. The highest BCUT2D eigenvalue weighted by atomic mass is 35.5. The molecule has 0 saturated heterocycles. The molecule has 1 atom stereocenters. The second-order valence-corrected chi connectivity index (χ2v) is 8.51. The van der Waals surface area contributed by atoms with Gasteiger partial charge >= 0.3 is 5.97 Å². The Hall–Kier alpha value is -2.98. The van der Waals surface area contributed by atoms with Crippen LogP contribution in [0.25, 0.3) is 11.3 Å². The van der Waals surface area contributed by atoms with Gasteiger partial charge in [-0.15, -0.1) is 0 Å². The fraction of sp³-hybridized carbons (Fsp3) is 0.304. The van der Waals surface area contributed by atoms with Crippen molar-refractivity contribution in [2.45, 2.75) is 25.7 Å². The summed E-state index contributed by atoms with van der Waals surface area (Å²) in [7, 11) is 5.91. The van der Waals surface area contributed by atoms with Crippen LogP contribution in [0.5, 0.6) is 11.5 Å². The lowest BCUT2D eigenvalue weighted by Crippen LogP contribution is -2.49. The van der Waals surface area contributed by atoms with E-state index >= 15 is 0 Å². The summed E-state index contributed by atoms with van der Waals surface area (Å²) in [6, 6.07) is 9.71. The number of rotatable bonds is 9. The van der Waals surface area contributed by atoms with Crippen molar-refractivity contribution in [2.24, 2.45) is 7.05 Å². The first-order valence-electron chi connectivity index (χ1n) is 10.1. The van der Waals surface area contributed by atoms with Gasteiger partial charge in [0.1, 0.15) is 23.1 Å². The topological polar surface area (TPSA) is 99.8 Å². The molecule has 3 N–H and O–H groups in total. The molecule has 3 rings (SSSR count). The first-order valence-corrected chi connectivity index (χ1v) is 10.5. The number of benzene rings is 2. The van der Waals surface area contributed by atoms with Crippen molar-refractivity contribution < 1.29 is 24.1 Å². The highest BCUT2D eigenvalue weighted by Crippen LogP contribution is 2.32. The molecule has 1 heterocycles. The number of halogens is 2. The van der Waals surface area contributed by atoms with E-state index in [2.05, 4.69) is 10.3 Å². The molecule has 0 spiro atoms. The van der Waals surface area contributed by atoms with Gasteiger partial charge in [0.15, 0.2) is 0 Å². The number of hydrogen-bond acceptors (Lipinski definition) is 6. The second-order valence-electron chi connectivity index (χ2n) is 8.08. The van der Waals surface area contributed by atoms with Crippen molar-refractivity contribution in [1.29, 1.82) is 0 Å². The molecule has 0 saturated carbocycles. The van der Waals surface area contributed by atoms with Gasteiger partial charge in [0.2, 0.25) is 5.72 Å². The molecule has 0 amide bonds. The Labute approximate surface area is 196 Å². The molecule has 3 aromatic rings. The largest absolute Gasteiger partial charge is 0.478 e. The summed E-state index contributed by atoms with van der Waals surface area (Å²) in [5.74, 6) is -0.707. The van der Waals surface area contributed by atoms with E-state index in [0.717, 1.165) is 30.1 Å². The van der Waals surface area contributed by atoms with Gasteiger partial charge in [-0.05, 0) is 57.4 Å². The average Bonchev–Trinajstić information content (AvgIpc) is 3.07. The average molecular weight is 477 g/mol. The summed E-state index contributed by atoms with van der Waals surface area (Å²) in [5.41, 5.74) is -0.337. The third-order valence-corrected chi connectivity index (χ3v) is 5.28. The molecule has 176 valence electrons. The lowest BCUT2D eigenvalue weighted by atomic mass is 10.1. The van der Waals surface area contributed by atoms with E-state index in [0.29, 0.717) is 12.3 Å². The number of carboxylic acids is 1. The Kier molecular flexibility index (Phi) is 7.38. The zero-order valence-corrected chi connectivity index (χ0v) is 19.5. The van der Waals surface area contributed by atoms with E-state index in [1.165, 1.54) is 6.07 Å². The fourth-order valence-corrected chi connectivity index (χ4v) is 3.34. The van der Waals surface area contributed by atoms with E-state index in [-0.39, 0.29) is 22.9 Å². The van der Waals surface area contributed by atoms with Crippen molar-refractivity contribution in [3.05, 3.63) is 64.8 Å². The Morgan fingerprint density at radius 2 is 1.97 bits per heavy atom. The number of aromatic nitrogens is 2. The number of aliphatic carboxylic acids is 1. The molecule has 8 nitrogen and oxygen atoms in total. The molecule has 1 aromatic heterocycles. The number of imidazole rings is 1. The Balaban J connectivity index is 1.83. The maximum atomic E-state index is 14.6. The van der Waals surface area contributed by atoms with Crippen molar-refractivity contribution in [3.8, 4) is 22.8 Å². The summed E-state index contributed by atoms with van der Waals surface area (Å²) in [6.07, 6.45) is 1.80. The normalized spacial score (nSPS) is 13.2.